The summed E-state index contributed by atoms with van der Waals surface area (Å²) >= 11 is 1.29. The Morgan fingerprint density at radius 1 is 1.31 bits per heavy atom. The van der Waals surface area contributed by atoms with Crippen LogP contribution in [0.25, 0.3) is 11.6 Å². The van der Waals surface area contributed by atoms with Gasteiger partial charge in [0.15, 0.2) is 10.9 Å². The molecule has 2 aromatic heterocycles. The lowest BCUT2D eigenvalue weighted by atomic mass is 9.96. The number of hydrogen-bond acceptors (Lipinski definition) is 5. The average Bonchev–Trinajstić information content (AvgIpc) is 3.35. The van der Waals surface area contributed by atoms with E-state index in [2.05, 4.69) is 22.1 Å². The van der Waals surface area contributed by atoms with Crippen LogP contribution in [0.15, 0.2) is 64.9 Å². The van der Waals surface area contributed by atoms with Crippen molar-refractivity contribution in [1.29, 1.82) is 0 Å². The number of halogens is 1. The van der Waals surface area contributed by atoms with Gasteiger partial charge < -0.3 is 9.73 Å². The molecule has 0 aliphatic carbocycles. The SMILES string of the molecule is C=CCn1c(SCC(=O)NC(c2ccc(F)cc2)C(C)C)nnc1-c1ccco1. The molecule has 1 amide bonds. The summed E-state index contributed by atoms with van der Waals surface area (Å²) in [5, 5.41) is 12.0. The van der Waals surface area contributed by atoms with E-state index in [0.717, 1.165) is 5.56 Å². The van der Waals surface area contributed by atoms with Gasteiger partial charge in [0.2, 0.25) is 11.7 Å². The number of carbonyl (C=O) groups is 1. The second-order valence-electron chi connectivity index (χ2n) is 6.81. The Balaban J connectivity index is 1.68. The summed E-state index contributed by atoms with van der Waals surface area (Å²) in [4.78, 5) is 12.6. The van der Waals surface area contributed by atoms with Crippen molar-refractivity contribution in [3.63, 3.8) is 0 Å². The molecule has 3 rings (SSSR count). The molecule has 0 aliphatic rings. The molecule has 152 valence electrons. The van der Waals surface area contributed by atoms with Crippen molar-refractivity contribution in [2.24, 2.45) is 5.92 Å². The summed E-state index contributed by atoms with van der Waals surface area (Å²) in [5.74, 6) is 1.09. The van der Waals surface area contributed by atoms with Crippen molar-refractivity contribution >= 4 is 17.7 Å². The minimum absolute atomic E-state index is 0.134. The zero-order valence-electron chi connectivity index (χ0n) is 16.3. The third-order valence-corrected chi connectivity index (χ3v) is 5.28. The molecule has 0 aliphatic heterocycles. The van der Waals surface area contributed by atoms with Crippen molar-refractivity contribution < 1.29 is 13.6 Å². The molecule has 0 radical (unpaired) electrons. The number of hydrogen-bond donors (Lipinski definition) is 1. The van der Waals surface area contributed by atoms with E-state index in [9.17, 15) is 9.18 Å². The summed E-state index contributed by atoms with van der Waals surface area (Å²) in [6.07, 6.45) is 3.31. The van der Waals surface area contributed by atoms with Crippen LogP contribution in [0.5, 0.6) is 0 Å². The Kier molecular flexibility index (Phi) is 6.87. The van der Waals surface area contributed by atoms with Gasteiger partial charge in [0, 0.05) is 6.54 Å². The van der Waals surface area contributed by atoms with Crippen molar-refractivity contribution in [3.05, 3.63) is 66.7 Å². The quantitative estimate of drug-likeness (QED) is 0.413. The van der Waals surface area contributed by atoms with Gasteiger partial charge in [-0.15, -0.1) is 16.8 Å². The van der Waals surface area contributed by atoms with Gasteiger partial charge in [-0.2, -0.15) is 0 Å². The molecule has 0 saturated heterocycles. The lowest BCUT2D eigenvalue weighted by molar-refractivity contribution is -0.119. The van der Waals surface area contributed by atoms with Crippen LogP contribution in [0.3, 0.4) is 0 Å². The lowest BCUT2D eigenvalue weighted by Crippen LogP contribution is -2.33. The Morgan fingerprint density at radius 2 is 2.07 bits per heavy atom. The highest BCUT2D eigenvalue weighted by molar-refractivity contribution is 7.99. The zero-order valence-corrected chi connectivity index (χ0v) is 17.2. The average molecular weight is 415 g/mol. The first-order valence-corrected chi connectivity index (χ1v) is 10.2. The van der Waals surface area contributed by atoms with E-state index in [-0.39, 0.29) is 29.4 Å². The summed E-state index contributed by atoms with van der Waals surface area (Å²) in [6, 6.07) is 9.59. The van der Waals surface area contributed by atoms with Crippen LogP contribution in [-0.4, -0.2) is 26.4 Å². The number of thioether (sulfide) groups is 1. The number of rotatable bonds is 9. The van der Waals surface area contributed by atoms with Gasteiger partial charge in [0.05, 0.1) is 18.1 Å². The van der Waals surface area contributed by atoms with Crippen molar-refractivity contribution in [2.75, 3.05) is 5.75 Å². The van der Waals surface area contributed by atoms with Gasteiger partial charge in [0.25, 0.3) is 0 Å². The van der Waals surface area contributed by atoms with Crippen LogP contribution in [0.1, 0.15) is 25.5 Å². The maximum Gasteiger partial charge on any atom is 0.230 e. The minimum atomic E-state index is -0.299. The van der Waals surface area contributed by atoms with Crippen LogP contribution in [0, 0.1) is 11.7 Å². The van der Waals surface area contributed by atoms with Crippen LogP contribution in [0.4, 0.5) is 4.39 Å². The molecule has 1 unspecified atom stereocenters. The summed E-state index contributed by atoms with van der Waals surface area (Å²) in [7, 11) is 0. The van der Waals surface area contributed by atoms with Crippen molar-refractivity contribution in [3.8, 4) is 11.6 Å². The van der Waals surface area contributed by atoms with Crippen LogP contribution in [0.2, 0.25) is 0 Å². The molecule has 2 heterocycles. The van der Waals surface area contributed by atoms with Gasteiger partial charge >= 0.3 is 0 Å². The number of nitrogens with zero attached hydrogens (tertiary/aromatic N) is 3. The van der Waals surface area contributed by atoms with Crippen molar-refractivity contribution in [1.82, 2.24) is 20.1 Å². The maximum absolute atomic E-state index is 13.2. The third-order valence-electron chi connectivity index (χ3n) is 4.31. The molecule has 0 bridgehead atoms. The highest BCUT2D eigenvalue weighted by Crippen LogP contribution is 2.25. The lowest BCUT2D eigenvalue weighted by Gasteiger charge is -2.23. The largest absolute Gasteiger partial charge is 0.461 e. The highest BCUT2D eigenvalue weighted by Gasteiger charge is 2.20. The van der Waals surface area contributed by atoms with Gasteiger partial charge in [-0.3, -0.25) is 9.36 Å². The number of furan rings is 1. The van der Waals surface area contributed by atoms with E-state index >= 15 is 0 Å². The molecule has 1 atom stereocenters. The maximum atomic E-state index is 13.2. The molecule has 6 nitrogen and oxygen atoms in total. The molecular formula is C21H23FN4O2S. The smallest absolute Gasteiger partial charge is 0.230 e. The fraction of sp³-hybridized carbons (Fsp3) is 0.286. The predicted molar refractivity (Wildman–Crippen MR) is 111 cm³/mol. The number of aromatic nitrogens is 3. The fourth-order valence-electron chi connectivity index (χ4n) is 2.93. The van der Waals surface area contributed by atoms with E-state index in [0.29, 0.717) is 23.3 Å². The minimum Gasteiger partial charge on any atom is -0.461 e. The Hall–Kier alpha value is -2.87. The van der Waals surface area contributed by atoms with Crippen LogP contribution < -0.4 is 5.32 Å². The zero-order chi connectivity index (χ0) is 20.8. The first-order valence-electron chi connectivity index (χ1n) is 9.25. The summed E-state index contributed by atoms with van der Waals surface area (Å²) < 4.78 is 20.5. The normalized spacial score (nSPS) is 12.1. The molecule has 3 aromatic rings. The fourth-order valence-corrected chi connectivity index (χ4v) is 3.69. The Labute approximate surface area is 173 Å². The highest BCUT2D eigenvalue weighted by atomic mass is 32.2. The molecule has 29 heavy (non-hydrogen) atoms. The van der Waals surface area contributed by atoms with E-state index in [4.69, 9.17) is 4.42 Å². The molecule has 1 aromatic carbocycles. The molecule has 1 N–H and O–H groups in total. The number of benzene rings is 1. The first-order chi connectivity index (χ1) is 14.0. The Morgan fingerprint density at radius 3 is 2.69 bits per heavy atom. The number of amides is 1. The summed E-state index contributed by atoms with van der Waals surface area (Å²) in [6.45, 7) is 8.29. The van der Waals surface area contributed by atoms with Gasteiger partial charge in [0.1, 0.15) is 5.82 Å². The molecule has 0 saturated carbocycles. The van der Waals surface area contributed by atoms with E-state index < -0.39 is 0 Å². The molecule has 8 heteroatoms. The molecular weight excluding hydrogens is 391 g/mol. The van der Waals surface area contributed by atoms with E-state index in [1.165, 1.54) is 23.9 Å². The molecule has 0 spiro atoms. The topological polar surface area (TPSA) is 73.0 Å². The predicted octanol–water partition coefficient (Wildman–Crippen LogP) is 4.47. The van der Waals surface area contributed by atoms with Gasteiger partial charge in [-0.1, -0.05) is 43.8 Å². The molecule has 0 fully saturated rings. The van der Waals surface area contributed by atoms with Crippen LogP contribution in [-0.2, 0) is 11.3 Å². The Bertz CT molecular complexity index is 952. The van der Waals surface area contributed by atoms with Gasteiger partial charge in [-0.25, -0.2) is 4.39 Å². The standard InChI is InChI=1S/C21H23FN4O2S/c1-4-11-26-20(17-6-5-12-28-17)24-25-21(26)29-13-18(27)23-19(14(2)3)15-7-9-16(22)10-8-15/h4-10,12,14,19H,1,11,13H2,2-3H3,(H,23,27). The third kappa shape index (κ3) is 5.14. The second-order valence-corrected chi connectivity index (χ2v) is 7.75. The van der Waals surface area contributed by atoms with E-state index in [1.807, 2.05) is 18.4 Å². The number of allylic oxidation sites excluding steroid dienone is 1. The van der Waals surface area contributed by atoms with Crippen LogP contribution >= 0.6 is 11.8 Å². The number of nitrogens with one attached hydrogen (secondary N) is 1. The van der Waals surface area contributed by atoms with Gasteiger partial charge in [-0.05, 0) is 35.7 Å². The number of carbonyl (C=O) groups excluding carboxylic acids is 1. The first kappa shape index (κ1) is 20.9. The summed E-state index contributed by atoms with van der Waals surface area (Å²) in [5.41, 5.74) is 0.870. The second kappa shape index (κ2) is 9.56. The van der Waals surface area contributed by atoms with E-state index in [1.54, 1.807) is 36.6 Å². The van der Waals surface area contributed by atoms with Crippen molar-refractivity contribution in [2.45, 2.75) is 31.6 Å². The monoisotopic (exact) mass is 414 g/mol.